The van der Waals surface area contributed by atoms with Crippen LogP contribution in [-0.2, 0) is 22.5 Å². The molecule has 10 rings (SSSR count). The Morgan fingerprint density at radius 2 is 1.12 bits per heavy atom. The second-order valence-corrected chi connectivity index (χ2v) is 17.7. The van der Waals surface area contributed by atoms with Crippen molar-refractivity contribution in [2.75, 3.05) is 36.7 Å². The molecule has 0 saturated carbocycles. The van der Waals surface area contributed by atoms with Gasteiger partial charge in [-0.15, -0.1) is 0 Å². The first kappa shape index (κ1) is 52.3. The Hall–Kier alpha value is -9.62. The first-order chi connectivity index (χ1) is 36.7. The molecular weight excluding hydrogens is 993 g/mol. The number of anilines is 2. The summed E-state index contributed by atoms with van der Waals surface area (Å²) in [5, 5.41) is 55.2. The number of ether oxygens (including phenoxy) is 5. The van der Waals surface area contributed by atoms with Crippen LogP contribution in [0.25, 0.3) is 21.5 Å². The van der Waals surface area contributed by atoms with Gasteiger partial charge in [0.2, 0.25) is 6.29 Å². The topological polar surface area (TPSA) is 256 Å². The highest BCUT2D eigenvalue weighted by atomic mass is 16.6. The van der Waals surface area contributed by atoms with E-state index >= 15 is 0 Å². The van der Waals surface area contributed by atoms with Gasteiger partial charge in [-0.05, 0) is 99.9 Å². The van der Waals surface area contributed by atoms with Crippen molar-refractivity contribution >= 4 is 68.5 Å². The van der Waals surface area contributed by atoms with Crippen LogP contribution in [-0.4, -0.2) is 100 Å². The van der Waals surface area contributed by atoms with Gasteiger partial charge in [0.05, 0.1) is 58.5 Å². The number of amides is 4. The standard InChI is InChI=1S/C58H44N2O16.CH4/c1-72-51-20-15-38(25-49(51)64)60-54(67)43-17-11-34(22-46(43)56(60)69)57(70)74-29-39(62)28-73-40-16-10-32-6-4-7-33(44(32)26-40)21-45-41-8-3-2-5-31(41)13-19-50(45)76-52(65)30-75-58(71)35-12-18-42-47(23-35)55(68)59(53(42)66)37-14-9-36(27-61)48(63)24-37;/h2-20,22-26,39,52,61-65H,21,27-30H2,1H3;1H4. The van der Waals surface area contributed by atoms with E-state index in [1.165, 1.54) is 79.9 Å². The highest BCUT2D eigenvalue weighted by Gasteiger charge is 2.39. The molecule has 2 unspecified atom stereocenters. The predicted octanol–water partition coefficient (Wildman–Crippen LogP) is 7.88. The number of hydrogen-bond acceptors (Lipinski definition) is 16. The first-order valence-electron chi connectivity index (χ1n) is 23.6. The van der Waals surface area contributed by atoms with E-state index in [1.807, 2.05) is 60.7 Å². The molecule has 2 atom stereocenters. The number of benzene rings is 8. The van der Waals surface area contributed by atoms with E-state index < -0.39 is 67.8 Å². The van der Waals surface area contributed by atoms with Crippen LogP contribution >= 0.6 is 0 Å². The average molecular weight is 1040 g/mol. The molecular formula is C59H48N2O16. The molecule has 5 N–H and O–H groups in total. The summed E-state index contributed by atoms with van der Waals surface area (Å²) in [6, 6.07) is 38.1. The van der Waals surface area contributed by atoms with Gasteiger partial charge < -0.3 is 49.2 Å². The summed E-state index contributed by atoms with van der Waals surface area (Å²) >= 11 is 0. The second kappa shape index (κ2) is 21.7. The molecule has 8 aromatic rings. The number of carbonyl (C=O) groups excluding carboxylic acids is 6. The van der Waals surface area contributed by atoms with Crippen molar-refractivity contribution in [1.82, 2.24) is 0 Å². The maximum Gasteiger partial charge on any atom is 0.338 e. The molecule has 18 heteroatoms. The average Bonchev–Trinajstić information content (AvgIpc) is 3.89. The summed E-state index contributed by atoms with van der Waals surface area (Å²) in [7, 11) is 1.36. The zero-order chi connectivity index (χ0) is 53.4. The number of nitrogens with zero attached hydrogens (tertiary/aromatic N) is 2. The molecule has 390 valence electrons. The van der Waals surface area contributed by atoms with Crippen molar-refractivity contribution in [1.29, 1.82) is 0 Å². The van der Waals surface area contributed by atoms with E-state index in [0.717, 1.165) is 36.9 Å². The van der Waals surface area contributed by atoms with E-state index in [0.29, 0.717) is 23.5 Å². The van der Waals surface area contributed by atoms with Gasteiger partial charge in [-0.1, -0.05) is 68.1 Å². The Morgan fingerprint density at radius 3 is 1.75 bits per heavy atom. The van der Waals surface area contributed by atoms with E-state index in [1.54, 1.807) is 12.1 Å². The summed E-state index contributed by atoms with van der Waals surface area (Å²) < 4.78 is 27.8. The normalized spacial score (nSPS) is 13.5. The molecule has 0 bridgehead atoms. The fraction of sp³-hybridized carbons (Fsp3) is 0.153. The van der Waals surface area contributed by atoms with Crippen LogP contribution in [0.4, 0.5) is 11.4 Å². The minimum absolute atomic E-state index is 0. The maximum atomic E-state index is 13.4. The molecule has 18 nitrogen and oxygen atoms in total. The number of hydrogen-bond donors (Lipinski definition) is 5. The number of aromatic hydroxyl groups is 2. The monoisotopic (exact) mass is 1040 g/mol. The Balaban J connectivity index is 0.00000722. The number of carbonyl (C=O) groups is 6. The number of methoxy groups -OCH3 is 1. The fourth-order valence-electron chi connectivity index (χ4n) is 9.11. The Bertz CT molecular complexity index is 3700. The molecule has 0 radical (unpaired) electrons. The minimum Gasteiger partial charge on any atom is -0.508 e. The Morgan fingerprint density at radius 1 is 0.545 bits per heavy atom. The van der Waals surface area contributed by atoms with Gasteiger partial charge in [-0.2, -0.15) is 0 Å². The van der Waals surface area contributed by atoms with Crippen LogP contribution in [0.1, 0.15) is 86.3 Å². The van der Waals surface area contributed by atoms with Gasteiger partial charge in [-0.3, -0.25) is 19.2 Å². The number of imide groups is 2. The number of rotatable bonds is 17. The number of aliphatic hydroxyl groups is 3. The van der Waals surface area contributed by atoms with Crippen molar-refractivity contribution < 1.29 is 78.0 Å². The van der Waals surface area contributed by atoms with Crippen LogP contribution in [0, 0.1) is 0 Å². The zero-order valence-electron chi connectivity index (χ0n) is 40.2. The largest absolute Gasteiger partial charge is 0.508 e. The lowest BCUT2D eigenvalue weighted by Gasteiger charge is -2.19. The number of phenols is 2. The molecule has 2 aliphatic heterocycles. The molecule has 0 aliphatic carbocycles. The quantitative estimate of drug-likeness (QED) is 0.0330. The van der Waals surface area contributed by atoms with Crippen molar-refractivity contribution in [3.63, 3.8) is 0 Å². The van der Waals surface area contributed by atoms with Crippen LogP contribution in [0.2, 0.25) is 0 Å². The van der Waals surface area contributed by atoms with Gasteiger partial charge in [0.1, 0.15) is 36.6 Å². The molecule has 2 heterocycles. The lowest BCUT2D eigenvalue weighted by Crippen LogP contribution is -2.29. The Labute approximate surface area is 439 Å². The van der Waals surface area contributed by atoms with Crippen LogP contribution < -0.4 is 24.0 Å². The molecule has 0 fully saturated rings. The van der Waals surface area contributed by atoms with Crippen molar-refractivity contribution in [2.24, 2.45) is 0 Å². The van der Waals surface area contributed by atoms with Crippen LogP contribution in [0.5, 0.6) is 28.7 Å². The molecule has 8 aromatic carbocycles. The fourth-order valence-corrected chi connectivity index (χ4v) is 9.11. The third kappa shape index (κ3) is 10.2. The number of fused-ring (bicyclic) bond motifs is 4. The summed E-state index contributed by atoms with van der Waals surface area (Å²) in [6.07, 6.45) is -2.60. The van der Waals surface area contributed by atoms with E-state index in [-0.39, 0.29) is 81.6 Å². The Kier molecular flexibility index (Phi) is 14.7. The van der Waals surface area contributed by atoms with E-state index in [2.05, 4.69) is 0 Å². The van der Waals surface area contributed by atoms with E-state index in [9.17, 15) is 54.3 Å². The molecule has 0 saturated heterocycles. The SMILES string of the molecule is C.COc1ccc(N2C(=O)c3ccc(C(=O)OCC(O)COc4ccc5cccc(Cc6c(OC(O)COC(=O)c7ccc8c(c7)C(=O)N(c7ccc(CO)c(O)c7)C8=O)ccc7ccccc67)c5c4)cc3C2=O)cc1O. The van der Waals surface area contributed by atoms with Gasteiger partial charge in [-0.25, -0.2) is 19.4 Å². The summed E-state index contributed by atoms with van der Waals surface area (Å²) in [5.74, 6) is -4.20. The molecule has 77 heavy (non-hydrogen) atoms. The minimum atomic E-state index is -1.64. The van der Waals surface area contributed by atoms with Gasteiger partial charge in [0, 0.05) is 29.7 Å². The zero-order valence-corrected chi connectivity index (χ0v) is 40.2. The maximum absolute atomic E-state index is 13.4. The number of phenolic OH excluding ortho intramolecular Hbond substituents is 1. The first-order valence-corrected chi connectivity index (χ1v) is 23.6. The van der Waals surface area contributed by atoms with E-state index in [4.69, 9.17) is 23.7 Å². The molecule has 4 amide bonds. The van der Waals surface area contributed by atoms with Crippen molar-refractivity contribution in [2.45, 2.75) is 32.8 Å². The van der Waals surface area contributed by atoms with Crippen molar-refractivity contribution in [3.8, 4) is 28.7 Å². The number of esters is 2. The predicted molar refractivity (Wildman–Crippen MR) is 280 cm³/mol. The summed E-state index contributed by atoms with van der Waals surface area (Å²) in [4.78, 5) is 81.2. The van der Waals surface area contributed by atoms with Crippen LogP contribution in [0.15, 0.2) is 146 Å². The summed E-state index contributed by atoms with van der Waals surface area (Å²) in [5.41, 5.74) is 1.85. The molecule has 0 spiro atoms. The van der Waals surface area contributed by atoms with Crippen molar-refractivity contribution in [3.05, 3.63) is 196 Å². The van der Waals surface area contributed by atoms with Gasteiger partial charge in [0.15, 0.2) is 18.1 Å². The highest BCUT2D eigenvalue weighted by molar-refractivity contribution is 6.35. The third-order valence-corrected chi connectivity index (χ3v) is 12.9. The molecule has 0 aromatic heterocycles. The smallest absolute Gasteiger partial charge is 0.338 e. The highest BCUT2D eigenvalue weighted by Crippen LogP contribution is 2.37. The lowest BCUT2D eigenvalue weighted by atomic mass is 9.94. The molecule has 2 aliphatic rings. The second-order valence-electron chi connectivity index (χ2n) is 17.7. The third-order valence-electron chi connectivity index (χ3n) is 12.9. The van der Waals surface area contributed by atoms with Crippen LogP contribution in [0.3, 0.4) is 0 Å². The van der Waals surface area contributed by atoms with Gasteiger partial charge >= 0.3 is 11.9 Å². The lowest BCUT2D eigenvalue weighted by molar-refractivity contribution is -0.0639. The van der Waals surface area contributed by atoms with Gasteiger partial charge in [0.25, 0.3) is 23.6 Å². The number of aliphatic hydroxyl groups excluding tert-OH is 3. The summed E-state index contributed by atoms with van der Waals surface area (Å²) in [6.45, 7) is -1.77.